The molecule has 0 heterocycles. The van der Waals surface area contributed by atoms with Crippen molar-refractivity contribution in [2.75, 3.05) is 13.7 Å². The summed E-state index contributed by atoms with van der Waals surface area (Å²) in [7, 11) is 1.68. The summed E-state index contributed by atoms with van der Waals surface area (Å²) in [6, 6.07) is -0.270. The fraction of sp³-hybridized carbons (Fsp3) is 0.929. The van der Waals surface area contributed by atoms with Crippen LogP contribution in [0.5, 0.6) is 0 Å². The summed E-state index contributed by atoms with van der Waals surface area (Å²) in [5.41, 5.74) is 5.95. The van der Waals surface area contributed by atoms with Crippen LogP contribution in [-0.2, 0) is 9.53 Å². The number of ether oxygens (including phenoxy) is 1. The molecule has 1 unspecified atom stereocenters. The van der Waals surface area contributed by atoms with Crippen LogP contribution in [-0.4, -0.2) is 25.5 Å². The summed E-state index contributed by atoms with van der Waals surface area (Å²) in [5.74, 6) is 1.36. The van der Waals surface area contributed by atoms with Crippen LogP contribution in [0, 0.1) is 11.8 Å². The molecule has 1 rings (SSSR count). The third-order valence-electron chi connectivity index (χ3n) is 4.06. The van der Waals surface area contributed by atoms with Crippen molar-refractivity contribution in [1.82, 2.24) is 0 Å². The van der Waals surface area contributed by atoms with E-state index in [1.807, 2.05) is 0 Å². The first-order valence-electron chi connectivity index (χ1n) is 6.97. The van der Waals surface area contributed by atoms with E-state index >= 15 is 0 Å². The Bertz CT molecular complexity index is 222. The molecule has 0 aromatic carbocycles. The SMILES string of the molecule is CCC1CCC(C(=O)C(N)CCCOC)CC1. The zero-order chi connectivity index (χ0) is 12.7. The number of hydrogen-bond acceptors (Lipinski definition) is 3. The Balaban J connectivity index is 2.27. The van der Waals surface area contributed by atoms with Crippen LogP contribution >= 0.6 is 0 Å². The van der Waals surface area contributed by atoms with E-state index in [0.717, 1.165) is 31.6 Å². The molecule has 0 bridgehead atoms. The standard InChI is InChI=1S/C14H27NO2/c1-3-11-6-8-12(9-7-11)14(16)13(15)5-4-10-17-2/h11-13H,3-10,15H2,1-2H3. The lowest BCUT2D eigenvalue weighted by molar-refractivity contribution is -0.125. The van der Waals surface area contributed by atoms with Gasteiger partial charge in [0.2, 0.25) is 0 Å². The molecular formula is C14H27NO2. The van der Waals surface area contributed by atoms with Crippen molar-refractivity contribution in [3.8, 4) is 0 Å². The van der Waals surface area contributed by atoms with E-state index in [1.54, 1.807) is 7.11 Å². The third-order valence-corrected chi connectivity index (χ3v) is 4.06. The van der Waals surface area contributed by atoms with E-state index in [1.165, 1.54) is 19.3 Å². The molecule has 1 atom stereocenters. The van der Waals surface area contributed by atoms with Crippen LogP contribution in [0.3, 0.4) is 0 Å². The van der Waals surface area contributed by atoms with Crippen molar-refractivity contribution in [2.45, 2.75) is 57.9 Å². The molecule has 0 spiro atoms. The second kappa shape index (κ2) is 7.83. The second-order valence-corrected chi connectivity index (χ2v) is 5.27. The Morgan fingerprint density at radius 1 is 1.35 bits per heavy atom. The molecule has 17 heavy (non-hydrogen) atoms. The van der Waals surface area contributed by atoms with Gasteiger partial charge in [-0.2, -0.15) is 0 Å². The molecule has 1 aliphatic carbocycles. The second-order valence-electron chi connectivity index (χ2n) is 5.27. The number of carbonyl (C=O) groups is 1. The average molecular weight is 241 g/mol. The molecule has 1 saturated carbocycles. The van der Waals surface area contributed by atoms with Crippen LogP contribution in [0.15, 0.2) is 0 Å². The average Bonchev–Trinajstić information content (AvgIpc) is 2.38. The molecule has 100 valence electrons. The summed E-state index contributed by atoms with van der Waals surface area (Å²) in [4.78, 5) is 12.1. The van der Waals surface area contributed by atoms with Gasteiger partial charge in [0.05, 0.1) is 6.04 Å². The number of ketones is 1. The minimum atomic E-state index is -0.270. The molecule has 0 saturated heterocycles. The van der Waals surface area contributed by atoms with Crippen LogP contribution in [0.25, 0.3) is 0 Å². The van der Waals surface area contributed by atoms with Crippen molar-refractivity contribution >= 4 is 5.78 Å². The third kappa shape index (κ3) is 4.76. The molecule has 0 amide bonds. The zero-order valence-electron chi connectivity index (χ0n) is 11.3. The topological polar surface area (TPSA) is 52.3 Å². The number of nitrogens with two attached hydrogens (primary N) is 1. The van der Waals surface area contributed by atoms with E-state index in [4.69, 9.17) is 10.5 Å². The smallest absolute Gasteiger partial charge is 0.152 e. The number of Topliss-reactive ketones (excluding diaryl/α,β-unsaturated/α-hetero) is 1. The highest BCUT2D eigenvalue weighted by Crippen LogP contribution is 2.31. The predicted octanol–water partition coefficient (Wildman–Crippen LogP) is 2.53. The van der Waals surface area contributed by atoms with Crippen molar-refractivity contribution in [3.63, 3.8) is 0 Å². The Morgan fingerprint density at radius 2 is 2.00 bits per heavy atom. The summed E-state index contributed by atoms with van der Waals surface area (Å²) >= 11 is 0. The molecule has 2 N–H and O–H groups in total. The highest BCUT2D eigenvalue weighted by molar-refractivity contribution is 5.86. The van der Waals surface area contributed by atoms with Gasteiger partial charge in [0.25, 0.3) is 0 Å². The van der Waals surface area contributed by atoms with Crippen molar-refractivity contribution in [3.05, 3.63) is 0 Å². The van der Waals surface area contributed by atoms with E-state index in [9.17, 15) is 4.79 Å². The number of rotatable bonds is 7. The molecule has 3 nitrogen and oxygen atoms in total. The minimum Gasteiger partial charge on any atom is -0.385 e. The molecular weight excluding hydrogens is 214 g/mol. The molecule has 0 aromatic rings. The summed E-state index contributed by atoms with van der Waals surface area (Å²) < 4.78 is 4.98. The first-order valence-corrected chi connectivity index (χ1v) is 6.97. The lowest BCUT2D eigenvalue weighted by Crippen LogP contribution is -2.37. The van der Waals surface area contributed by atoms with Gasteiger partial charge in [0, 0.05) is 19.6 Å². The van der Waals surface area contributed by atoms with Gasteiger partial charge in [-0.3, -0.25) is 4.79 Å². The van der Waals surface area contributed by atoms with Gasteiger partial charge >= 0.3 is 0 Å². The van der Waals surface area contributed by atoms with Crippen molar-refractivity contribution < 1.29 is 9.53 Å². The van der Waals surface area contributed by atoms with Gasteiger partial charge in [0.1, 0.15) is 0 Å². The fourth-order valence-corrected chi connectivity index (χ4v) is 2.75. The molecule has 0 radical (unpaired) electrons. The largest absolute Gasteiger partial charge is 0.385 e. The highest BCUT2D eigenvalue weighted by atomic mass is 16.5. The molecule has 1 aliphatic rings. The van der Waals surface area contributed by atoms with E-state index < -0.39 is 0 Å². The minimum absolute atomic E-state index is 0.232. The van der Waals surface area contributed by atoms with Gasteiger partial charge < -0.3 is 10.5 Å². The Morgan fingerprint density at radius 3 is 2.53 bits per heavy atom. The van der Waals surface area contributed by atoms with Gasteiger partial charge in [0.15, 0.2) is 5.78 Å². The van der Waals surface area contributed by atoms with Gasteiger partial charge in [-0.25, -0.2) is 0 Å². The maximum Gasteiger partial charge on any atom is 0.152 e. The molecule has 0 aromatic heterocycles. The van der Waals surface area contributed by atoms with Crippen LogP contribution < -0.4 is 5.73 Å². The fourth-order valence-electron chi connectivity index (χ4n) is 2.75. The maximum atomic E-state index is 12.1. The Labute approximate surface area is 105 Å². The van der Waals surface area contributed by atoms with E-state index in [-0.39, 0.29) is 17.7 Å². The molecule has 1 fully saturated rings. The first-order chi connectivity index (χ1) is 8.19. The van der Waals surface area contributed by atoms with Crippen LogP contribution in [0.4, 0.5) is 0 Å². The Hall–Kier alpha value is -0.410. The number of carbonyl (C=O) groups excluding carboxylic acids is 1. The van der Waals surface area contributed by atoms with Crippen LogP contribution in [0.1, 0.15) is 51.9 Å². The van der Waals surface area contributed by atoms with E-state index in [2.05, 4.69) is 6.92 Å². The maximum absolute atomic E-state index is 12.1. The molecule has 0 aliphatic heterocycles. The normalized spacial score (nSPS) is 26.8. The highest BCUT2D eigenvalue weighted by Gasteiger charge is 2.28. The first kappa shape index (κ1) is 14.7. The summed E-state index contributed by atoms with van der Waals surface area (Å²) in [6.07, 6.45) is 7.41. The van der Waals surface area contributed by atoms with Crippen molar-refractivity contribution in [2.24, 2.45) is 17.6 Å². The van der Waals surface area contributed by atoms with E-state index in [0.29, 0.717) is 6.61 Å². The number of hydrogen-bond donors (Lipinski definition) is 1. The quantitative estimate of drug-likeness (QED) is 0.697. The molecule has 3 heteroatoms. The number of methoxy groups -OCH3 is 1. The zero-order valence-corrected chi connectivity index (χ0v) is 11.3. The monoisotopic (exact) mass is 241 g/mol. The van der Waals surface area contributed by atoms with Gasteiger partial charge in [-0.05, 0) is 44.4 Å². The predicted molar refractivity (Wildman–Crippen MR) is 69.8 cm³/mol. The lowest BCUT2D eigenvalue weighted by atomic mass is 9.77. The lowest BCUT2D eigenvalue weighted by Gasteiger charge is -2.28. The van der Waals surface area contributed by atoms with Crippen LogP contribution in [0.2, 0.25) is 0 Å². The summed E-state index contributed by atoms with van der Waals surface area (Å²) in [5, 5.41) is 0. The van der Waals surface area contributed by atoms with Crippen molar-refractivity contribution in [1.29, 1.82) is 0 Å². The summed E-state index contributed by atoms with van der Waals surface area (Å²) in [6.45, 7) is 2.94. The van der Waals surface area contributed by atoms with Gasteiger partial charge in [-0.1, -0.05) is 13.3 Å². The van der Waals surface area contributed by atoms with Gasteiger partial charge in [-0.15, -0.1) is 0 Å². The Kier molecular flexibility index (Phi) is 6.75.